The van der Waals surface area contributed by atoms with E-state index in [-0.39, 0.29) is 11.9 Å². The number of hydrogen-bond acceptors (Lipinski definition) is 4. The summed E-state index contributed by atoms with van der Waals surface area (Å²) >= 11 is 0. The monoisotopic (exact) mass is 331 g/mol. The molecule has 2 aromatic heterocycles. The number of carbonyl (C=O) groups excluding carboxylic acids is 1. The van der Waals surface area contributed by atoms with Gasteiger partial charge in [0, 0.05) is 30.5 Å². The molecule has 7 heteroatoms. The van der Waals surface area contributed by atoms with Crippen LogP contribution in [0.4, 0.5) is 0 Å². The van der Waals surface area contributed by atoms with Crippen molar-refractivity contribution in [2.24, 2.45) is 7.05 Å². The molecule has 24 heavy (non-hydrogen) atoms. The molecule has 1 aliphatic rings. The van der Waals surface area contributed by atoms with Crippen molar-refractivity contribution in [3.05, 3.63) is 34.4 Å². The van der Waals surface area contributed by atoms with Gasteiger partial charge in [-0.05, 0) is 26.3 Å². The van der Waals surface area contributed by atoms with E-state index in [0.29, 0.717) is 25.5 Å². The Kier molecular flexibility index (Phi) is 4.71. The summed E-state index contributed by atoms with van der Waals surface area (Å²) < 4.78 is 7.51. The number of morpholine rings is 1. The number of H-pyrrole nitrogens is 1. The number of amides is 1. The van der Waals surface area contributed by atoms with Gasteiger partial charge in [-0.3, -0.25) is 14.6 Å². The lowest BCUT2D eigenvalue weighted by Gasteiger charge is -2.35. The van der Waals surface area contributed by atoms with Crippen LogP contribution < -0.4 is 0 Å². The Morgan fingerprint density at radius 1 is 1.46 bits per heavy atom. The lowest BCUT2D eigenvalue weighted by atomic mass is 10.0. The minimum Gasteiger partial charge on any atom is -0.377 e. The third-order valence-electron chi connectivity index (χ3n) is 4.66. The van der Waals surface area contributed by atoms with Crippen LogP contribution >= 0.6 is 0 Å². The van der Waals surface area contributed by atoms with Gasteiger partial charge >= 0.3 is 0 Å². The Labute approximate surface area is 142 Å². The number of aromatic nitrogens is 4. The van der Waals surface area contributed by atoms with Crippen molar-refractivity contribution in [3.63, 3.8) is 0 Å². The number of hydrogen-bond donors (Lipinski definition) is 1. The average Bonchev–Trinajstić information content (AvgIpc) is 3.12. The Bertz CT molecular complexity index is 733. The summed E-state index contributed by atoms with van der Waals surface area (Å²) in [6.07, 6.45) is 1.91. The molecule has 1 atom stereocenters. The minimum absolute atomic E-state index is 0.0513. The van der Waals surface area contributed by atoms with Crippen LogP contribution in [0.25, 0.3) is 0 Å². The summed E-state index contributed by atoms with van der Waals surface area (Å²) in [4.78, 5) is 14.9. The van der Waals surface area contributed by atoms with E-state index in [1.54, 1.807) is 0 Å². The van der Waals surface area contributed by atoms with Crippen molar-refractivity contribution in [1.29, 1.82) is 0 Å². The van der Waals surface area contributed by atoms with E-state index in [4.69, 9.17) is 4.74 Å². The van der Waals surface area contributed by atoms with Crippen molar-refractivity contribution < 1.29 is 9.53 Å². The molecule has 1 fully saturated rings. The van der Waals surface area contributed by atoms with Gasteiger partial charge in [0.1, 0.15) is 5.69 Å². The molecule has 0 bridgehead atoms. The van der Waals surface area contributed by atoms with Crippen LogP contribution in [-0.4, -0.2) is 50.5 Å². The largest absolute Gasteiger partial charge is 0.377 e. The molecule has 0 aromatic carbocycles. The standard InChI is InChI=1S/C17H25N5O2/c1-5-6-13-9-14(19-18-13)17(23)22-7-8-24-10-15(22)16-11(2)20-21(4)12(16)3/h9,15H,5-8,10H2,1-4H3,(H,18,19)/t15-/m1/s1. The van der Waals surface area contributed by atoms with Crippen molar-refractivity contribution in [2.75, 3.05) is 19.8 Å². The third-order valence-corrected chi connectivity index (χ3v) is 4.66. The molecular formula is C17H25N5O2. The first kappa shape index (κ1) is 16.7. The minimum atomic E-state index is -0.119. The number of nitrogens with zero attached hydrogens (tertiary/aromatic N) is 4. The van der Waals surface area contributed by atoms with Crippen LogP contribution in [0, 0.1) is 13.8 Å². The van der Waals surface area contributed by atoms with Gasteiger partial charge in [-0.1, -0.05) is 13.3 Å². The molecule has 0 spiro atoms. The van der Waals surface area contributed by atoms with Crippen LogP contribution in [0.15, 0.2) is 6.07 Å². The first-order valence-corrected chi connectivity index (χ1v) is 8.46. The SMILES string of the molecule is CCCc1cc(C(=O)N2CCOC[C@@H]2c2c(C)nn(C)c2C)n[nH]1. The smallest absolute Gasteiger partial charge is 0.275 e. The van der Waals surface area contributed by atoms with E-state index >= 15 is 0 Å². The predicted molar refractivity (Wildman–Crippen MR) is 89.9 cm³/mol. The summed E-state index contributed by atoms with van der Waals surface area (Å²) in [5.74, 6) is -0.0513. The van der Waals surface area contributed by atoms with Gasteiger partial charge in [-0.2, -0.15) is 10.2 Å². The maximum Gasteiger partial charge on any atom is 0.275 e. The van der Waals surface area contributed by atoms with Gasteiger partial charge in [0.2, 0.25) is 0 Å². The van der Waals surface area contributed by atoms with E-state index in [1.807, 2.05) is 36.5 Å². The van der Waals surface area contributed by atoms with Crippen LogP contribution in [0.5, 0.6) is 0 Å². The highest BCUT2D eigenvalue weighted by Crippen LogP contribution is 2.30. The summed E-state index contributed by atoms with van der Waals surface area (Å²) in [5.41, 5.74) is 4.56. The highest BCUT2D eigenvalue weighted by Gasteiger charge is 2.33. The quantitative estimate of drug-likeness (QED) is 0.929. The van der Waals surface area contributed by atoms with Gasteiger partial charge in [0.05, 0.1) is 24.9 Å². The maximum absolute atomic E-state index is 13.0. The van der Waals surface area contributed by atoms with E-state index in [0.717, 1.165) is 35.5 Å². The molecule has 1 N–H and O–H groups in total. The Morgan fingerprint density at radius 3 is 2.92 bits per heavy atom. The summed E-state index contributed by atoms with van der Waals surface area (Å²) in [5, 5.41) is 11.7. The molecule has 0 unspecified atom stereocenters. The average molecular weight is 331 g/mol. The molecule has 3 rings (SSSR count). The molecule has 1 saturated heterocycles. The second-order valence-electron chi connectivity index (χ2n) is 6.33. The zero-order valence-corrected chi connectivity index (χ0v) is 14.8. The molecule has 7 nitrogen and oxygen atoms in total. The zero-order valence-electron chi connectivity index (χ0n) is 14.8. The van der Waals surface area contributed by atoms with E-state index in [9.17, 15) is 4.79 Å². The summed E-state index contributed by atoms with van der Waals surface area (Å²) in [7, 11) is 1.92. The van der Waals surface area contributed by atoms with E-state index in [2.05, 4.69) is 22.2 Å². The lowest BCUT2D eigenvalue weighted by molar-refractivity contribution is -0.00336. The molecule has 1 aliphatic heterocycles. The normalized spacial score (nSPS) is 18.2. The Balaban J connectivity index is 1.90. The molecule has 0 aliphatic carbocycles. The van der Waals surface area contributed by atoms with Crippen LogP contribution in [-0.2, 0) is 18.2 Å². The third kappa shape index (κ3) is 2.96. The Morgan fingerprint density at radius 2 is 2.25 bits per heavy atom. The molecule has 130 valence electrons. The van der Waals surface area contributed by atoms with Gasteiger partial charge < -0.3 is 9.64 Å². The van der Waals surface area contributed by atoms with Gasteiger partial charge in [0.15, 0.2) is 0 Å². The van der Waals surface area contributed by atoms with Crippen LogP contribution in [0.1, 0.15) is 52.5 Å². The highest BCUT2D eigenvalue weighted by atomic mass is 16.5. The topological polar surface area (TPSA) is 76.0 Å². The second-order valence-corrected chi connectivity index (χ2v) is 6.33. The fraction of sp³-hybridized carbons (Fsp3) is 0.588. The van der Waals surface area contributed by atoms with Gasteiger partial charge in [-0.15, -0.1) is 0 Å². The fourth-order valence-electron chi connectivity index (χ4n) is 3.37. The van der Waals surface area contributed by atoms with Crippen molar-refractivity contribution in [1.82, 2.24) is 24.9 Å². The second kappa shape index (κ2) is 6.76. The number of aryl methyl sites for hydroxylation is 3. The fourth-order valence-corrected chi connectivity index (χ4v) is 3.37. The van der Waals surface area contributed by atoms with Gasteiger partial charge in [0.25, 0.3) is 5.91 Å². The summed E-state index contributed by atoms with van der Waals surface area (Å²) in [6, 6.07) is 1.74. The number of nitrogens with one attached hydrogen (secondary N) is 1. The number of aromatic amines is 1. The van der Waals surface area contributed by atoms with Gasteiger partial charge in [-0.25, -0.2) is 0 Å². The number of rotatable bonds is 4. The zero-order chi connectivity index (χ0) is 17.3. The van der Waals surface area contributed by atoms with Crippen molar-refractivity contribution in [2.45, 2.75) is 39.7 Å². The van der Waals surface area contributed by atoms with Crippen molar-refractivity contribution >= 4 is 5.91 Å². The molecular weight excluding hydrogens is 306 g/mol. The number of carbonyl (C=O) groups is 1. The highest BCUT2D eigenvalue weighted by molar-refractivity contribution is 5.92. The van der Waals surface area contributed by atoms with E-state index in [1.165, 1.54) is 0 Å². The lowest BCUT2D eigenvalue weighted by Crippen LogP contribution is -2.44. The van der Waals surface area contributed by atoms with E-state index < -0.39 is 0 Å². The molecule has 0 radical (unpaired) electrons. The first-order valence-electron chi connectivity index (χ1n) is 8.46. The molecule has 3 heterocycles. The predicted octanol–water partition coefficient (Wildman–Crippen LogP) is 1.93. The first-order chi connectivity index (χ1) is 11.5. The van der Waals surface area contributed by atoms with Crippen molar-refractivity contribution in [3.8, 4) is 0 Å². The summed E-state index contributed by atoms with van der Waals surface area (Å²) in [6.45, 7) is 7.72. The Hall–Kier alpha value is -2.15. The van der Waals surface area contributed by atoms with Crippen LogP contribution in [0.3, 0.4) is 0 Å². The number of ether oxygens (including phenoxy) is 1. The molecule has 2 aromatic rings. The maximum atomic E-state index is 13.0. The molecule has 0 saturated carbocycles. The van der Waals surface area contributed by atoms with Crippen LogP contribution in [0.2, 0.25) is 0 Å². The molecule has 1 amide bonds.